The van der Waals surface area contributed by atoms with Crippen LogP contribution < -0.4 is 10.5 Å². The number of benzene rings is 2. The molecule has 0 radical (unpaired) electrons. The van der Waals surface area contributed by atoms with Crippen molar-refractivity contribution in [3.63, 3.8) is 0 Å². The van der Waals surface area contributed by atoms with E-state index in [1.165, 1.54) is 18.2 Å². The fourth-order valence-corrected chi connectivity index (χ4v) is 2.42. The van der Waals surface area contributed by atoms with E-state index in [1.54, 1.807) is 6.07 Å². The highest BCUT2D eigenvalue weighted by molar-refractivity contribution is 9.10. The van der Waals surface area contributed by atoms with Crippen molar-refractivity contribution in [1.82, 2.24) is 0 Å². The van der Waals surface area contributed by atoms with Crippen LogP contribution in [-0.4, -0.2) is 6.36 Å². The first-order valence-corrected chi connectivity index (χ1v) is 6.98. The number of hydrogen-bond acceptors (Lipinski definition) is 2. The van der Waals surface area contributed by atoms with Crippen LogP contribution in [0.5, 0.6) is 5.75 Å². The maximum Gasteiger partial charge on any atom is 0.573 e. The van der Waals surface area contributed by atoms with E-state index in [-0.39, 0.29) is 5.75 Å². The fourth-order valence-electron chi connectivity index (χ4n) is 1.98. The van der Waals surface area contributed by atoms with E-state index in [2.05, 4.69) is 20.7 Å². The molecule has 0 spiro atoms. The van der Waals surface area contributed by atoms with Crippen molar-refractivity contribution in [2.75, 3.05) is 0 Å². The van der Waals surface area contributed by atoms with Gasteiger partial charge < -0.3 is 10.5 Å². The summed E-state index contributed by atoms with van der Waals surface area (Å²) in [6.45, 7) is 0. The van der Waals surface area contributed by atoms with Gasteiger partial charge in [-0.1, -0.05) is 40.2 Å². The minimum absolute atomic E-state index is 0.260. The quantitative estimate of drug-likeness (QED) is 0.866. The second-order valence-corrected chi connectivity index (χ2v) is 5.48. The maximum atomic E-state index is 12.2. The number of nitrogens with two attached hydrogens (primary N) is 1. The smallest absolute Gasteiger partial charge is 0.406 e. The first kappa shape index (κ1) is 15.9. The van der Waals surface area contributed by atoms with E-state index in [0.717, 1.165) is 10.0 Å². The second kappa shape index (κ2) is 6.49. The number of alkyl halides is 3. The topological polar surface area (TPSA) is 35.2 Å². The summed E-state index contributed by atoms with van der Waals surface area (Å²) >= 11 is 3.37. The fraction of sp³-hybridized carbons (Fsp3) is 0.200. The molecule has 0 aromatic heterocycles. The van der Waals surface area contributed by atoms with Gasteiger partial charge in [-0.05, 0) is 41.8 Å². The Balaban J connectivity index is 2.12. The molecule has 2 aromatic rings. The molecule has 0 aliphatic carbocycles. The molecule has 0 aliphatic heterocycles. The van der Waals surface area contributed by atoms with Gasteiger partial charge in [-0.3, -0.25) is 0 Å². The predicted molar refractivity (Wildman–Crippen MR) is 77.9 cm³/mol. The third-order valence-corrected chi connectivity index (χ3v) is 3.36. The Bertz CT molecular complexity index is 616. The molecule has 0 bridgehead atoms. The van der Waals surface area contributed by atoms with Crippen LogP contribution in [0, 0.1) is 0 Å². The lowest BCUT2D eigenvalue weighted by molar-refractivity contribution is -0.274. The number of ether oxygens (including phenoxy) is 1. The van der Waals surface area contributed by atoms with Crippen LogP contribution >= 0.6 is 15.9 Å². The third-order valence-electron chi connectivity index (χ3n) is 2.86. The summed E-state index contributed by atoms with van der Waals surface area (Å²) in [6, 6.07) is 13.0. The molecule has 0 fully saturated rings. The first-order chi connectivity index (χ1) is 9.83. The Morgan fingerprint density at radius 1 is 1.10 bits per heavy atom. The Labute approximate surface area is 128 Å². The molecule has 6 heteroatoms. The molecule has 2 rings (SSSR count). The van der Waals surface area contributed by atoms with Gasteiger partial charge in [0.15, 0.2) is 0 Å². The SMILES string of the molecule is NC(Cc1cccc(Br)c1)c1cccc(OC(F)(F)F)c1. The van der Waals surface area contributed by atoms with Gasteiger partial charge in [0.1, 0.15) is 5.75 Å². The van der Waals surface area contributed by atoms with E-state index in [0.29, 0.717) is 12.0 Å². The van der Waals surface area contributed by atoms with Gasteiger partial charge in [0.05, 0.1) is 0 Å². The molecular weight excluding hydrogens is 347 g/mol. The van der Waals surface area contributed by atoms with Gasteiger partial charge in [-0.25, -0.2) is 0 Å². The van der Waals surface area contributed by atoms with Gasteiger partial charge in [0, 0.05) is 10.5 Å². The van der Waals surface area contributed by atoms with Crippen LogP contribution in [0.15, 0.2) is 53.0 Å². The van der Waals surface area contributed by atoms with Crippen LogP contribution in [0.25, 0.3) is 0 Å². The maximum absolute atomic E-state index is 12.2. The normalized spacial score (nSPS) is 13.0. The summed E-state index contributed by atoms with van der Waals surface area (Å²) in [4.78, 5) is 0. The Morgan fingerprint density at radius 3 is 2.48 bits per heavy atom. The highest BCUT2D eigenvalue weighted by Crippen LogP contribution is 2.26. The van der Waals surface area contributed by atoms with Crippen molar-refractivity contribution >= 4 is 15.9 Å². The van der Waals surface area contributed by atoms with Gasteiger partial charge >= 0.3 is 6.36 Å². The van der Waals surface area contributed by atoms with Crippen LogP contribution in [0.2, 0.25) is 0 Å². The van der Waals surface area contributed by atoms with E-state index in [1.807, 2.05) is 24.3 Å². The highest BCUT2D eigenvalue weighted by atomic mass is 79.9. The third kappa shape index (κ3) is 5.06. The van der Waals surface area contributed by atoms with E-state index < -0.39 is 12.4 Å². The molecular formula is C15H13BrF3NO. The molecule has 21 heavy (non-hydrogen) atoms. The summed E-state index contributed by atoms with van der Waals surface area (Å²) in [6.07, 6.45) is -4.18. The molecule has 0 heterocycles. The summed E-state index contributed by atoms with van der Waals surface area (Å²) in [5, 5.41) is 0. The van der Waals surface area contributed by atoms with Crippen LogP contribution in [-0.2, 0) is 6.42 Å². The van der Waals surface area contributed by atoms with Gasteiger partial charge in [0.2, 0.25) is 0 Å². The van der Waals surface area contributed by atoms with Crippen molar-refractivity contribution < 1.29 is 17.9 Å². The largest absolute Gasteiger partial charge is 0.573 e. The molecule has 2 N–H and O–H groups in total. The molecule has 0 saturated heterocycles. The second-order valence-electron chi connectivity index (χ2n) is 4.56. The van der Waals surface area contributed by atoms with E-state index in [4.69, 9.17) is 5.73 Å². The monoisotopic (exact) mass is 359 g/mol. The lowest BCUT2D eigenvalue weighted by Gasteiger charge is -2.15. The highest BCUT2D eigenvalue weighted by Gasteiger charge is 2.31. The van der Waals surface area contributed by atoms with Gasteiger partial charge in [0.25, 0.3) is 0 Å². The van der Waals surface area contributed by atoms with Gasteiger partial charge in [-0.2, -0.15) is 0 Å². The van der Waals surface area contributed by atoms with Crippen LogP contribution in [0.3, 0.4) is 0 Å². The van der Waals surface area contributed by atoms with Crippen molar-refractivity contribution in [2.45, 2.75) is 18.8 Å². The summed E-state index contributed by atoms with van der Waals surface area (Å²) in [7, 11) is 0. The molecule has 1 unspecified atom stereocenters. The van der Waals surface area contributed by atoms with Crippen molar-refractivity contribution in [1.29, 1.82) is 0 Å². The first-order valence-electron chi connectivity index (χ1n) is 6.19. The Morgan fingerprint density at radius 2 is 1.81 bits per heavy atom. The summed E-state index contributed by atoms with van der Waals surface area (Å²) < 4.78 is 41.5. The average molecular weight is 360 g/mol. The zero-order valence-corrected chi connectivity index (χ0v) is 12.5. The number of rotatable bonds is 4. The zero-order chi connectivity index (χ0) is 15.5. The number of halogens is 4. The molecule has 0 amide bonds. The van der Waals surface area contributed by atoms with E-state index in [9.17, 15) is 13.2 Å². The number of hydrogen-bond donors (Lipinski definition) is 1. The molecule has 112 valence electrons. The van der Waals surface area contributed by atoms with Crippen LogP contribution in [0.4, 0.5) is 13.2 Å². The van der Waals surface area contributed by atoms with Gasteiger partial charge in [-0.15, -0.1) is 13.2 Å². The standard InChI is InChI=1S/C15H13BrF3NO/c16-12-5-1-3-10(7-12)8-14(20)11-4-2-6-13(9-11)21-15(17,18)19/h1-7,9,14H,8,20H2. The molecule has 1 atom stereocenters. The van der Waals surface area contributed by atoms with Crippen molar-refractivity contribution in [3.8, 4) is 5.75 Å². The average Bonchev–Trinajstić information content (AvgIpc) is 2.37. The molecule has 2 nitrogen and oxygen atoms in total. The lowest BCUT2D eigenvalue weighted by atomic mass is 9.99. The van der Waals surface area contributed by atoms with E-state index >= 15 is 0 Å². The Hall–Kier alpha value is -1.53. The van der Waals surface area contributed by atoms with Crippen molar-refractivity contribution in [3.05, 3.63) is 64.1 Å². The lowest BCUT2D eigenvalue weighted by Crippen LogP contribution is -2.18. The minimum atomic E-state index is -4.70. The molecule has 0 saturated carbocycles. The van der Waals surface area contributed by atoms with Crippen molar-refractivity contribution in [2.24, 2.45) is 5.73 Å². The van der Waals surface area contributed by atoms with Crippen LogP contribution in [0.1, 0.15) is 17.2 Å². The minimum Gasteiger partial charge on any atom is -0.406 e. The molecule has 0 aliphatic rings. The Kier molecular flexibility index (Phi) is 4.90. The summed E-state index contributed by atoms with van der Waals surface area (Å²) in [5.41, 5.74) is 7.65. The zero-order valence-electron chi connectivity index (χ0n) is 10.9. The molecule has 2 aromatic carbocycles. The predicted octanol–water partition coefficient (Wildman–Crippen LogP) is 4.59. The summed E-state index contributed by atoms with van der Waals surface area (Å²) in [5.74, 6) is -0.260.